The zero-order valence-electron chi connectivity index (χ0n) is 11.7. The third-order valence-corrected chi connectivity index (χ3v) is 3.49. The van der Waals surface area contributed by atoms with Gasteiger partial charge in [-0.2, -0.15) is 0 Å². The first-order valence-electron chi connectivity index (χ1n) is 6.94. The van der Waals surface area contributed by atoms with Crippen LogP contribution in [0, 0.1) is 0 Å². The van der Waals surface area contributed by atoms with E-state index in [-0.39, 0.29) is 11.9 Å². The van der Waals surface area contributed by atoms with E-state index in [1.165, 1.54) is 0 Å². The number of hydrogen-bond acceptors (Lipinski definition) is 4. The molecule has 0 saturated carbocycles. The molecule has 0 bridgehead atoms. The molecule has 0 spiro atoms. The van der Waals surface area contributed by atoms with Crippen LogP contribution < -0.4 is 15.4 Å². The quantitative estimate of drug-likeness (QED) is 0.906. The van der Waals surface area contributed by atoms with Crippen molar-refractivity contribution in [1.29, 1.82) is 0 Å². The van der Waals surface area contributed by atoms with Gasteiger partial charge >= 0.3 is 0 Å². The Kier molecular flexibility index (Phi) is 3.73. The highest BCUT2D eigenvalue weighted by atomic mass is 16.5. The Hall–Kier alpha value is -2.56. The molecule has 1 aliphatic heterocycles. The number of fused-ring (bicyclic) bond motifs is 1. The number of amides is 1. The van der Waals surface area contributed by atoms with Crippen LogP contribution in [0.2, 0.25) is 0 Å². The molecule has 2 N–H and O–H groups in total. The van der Waals surface area contributed by atoms with Gasteiger partial charge in [0.25, 0.3) is 5.91 Å². The average molecular weight is 283 g/mol. The van der Waals surface area contributed by atoms with E-state index in [0.717, 1.165) is 11.3 Å². The number of nitrogens with zero attached hydrogens (tertiary/aromatic N) is 1. The molecular weight excluding hydrogens is 266 g/mol. The molecule has 5 nitrogen and oxygen atoms in total. The number of carbonyl (C=O) groups excluding carboxylic acids is 1. The zero-order valence-corrected chi connectivity index (χ0v) is 11.7. The predicted molar refractivity (Wildman–Crippen MR) is 80.1 cm³/mol. The van der Waals surface area contributed by atoms with Crippen LogP contribution in [0.15, 0.2) is 48.8 Å². The van der Waals surface area contributed by atoms with Crippen LogP contribution in [0.25, 0.3) is 0 Å². The molecule has 1 aromatic heterocycles. The smallest absolute Gasteiger partial charge is 0.263 e. The van der Waals surface area contributed by atoms with Gasteiger partial charge in [0.1, 0.15) is 5.75 Å². The van der Waals surface area contributed by atoms with Crippen LogP contribution in [0.4, 0.5) is 5.69 Å². The Bertz CT molecular complexity index is 630. The van der Waals surface area contributed by atoms with Crippen molar-refractivity contribution in [1.82, 2.24) is 10.3 Å². The van der Waals surface area contributed by atoms with Gasteiger partial charge < -0.3 is 15.4 Å². The second-order valence-corrected chi connectivity index (χ2v) is 4.99. The molecule has 0 radical (unpaired) electrons. The van der Waals surface area contributed by atoms with Gasteiger partial charge in [-0.3, -0.25) is 9.78 Å². The Labute approximate surface area is 123 Å². The van der Waals surface area contributed by atoms with Crippen molar-refractivity contribution in [3.63, 3.8) is 0 Å². The first-order chi connectivity index (χ1) is 10.2. The van der Waals surface area contributed by atoms with Crippen molar-refractivity contribution >= 4 is 11.6 Å². The highest BCUT2D eigenvalue weighted by Gasteiger charge is 2.26. The highest BCUT2D eigenvalue weighted by molar-refractivity contribution is 5.83. The summed E-state index contributed by atoms with van der Waals surface area (Å²) in [5, 5.41) is 6.18. The first-order valence-corrected chi connectivity index (χ1v) is 6.94. The molecule has 0 fully saturated rings. The maximum Gasteiger partial charge on any atom is 0.263 e. The van der Waals surface area contributed by atoms with Crippen molar-refractivity contribution in [2.45, 2.75) is 19.1 Å². The molecule has 2 unspecified atom stereocenters. The van der Waals surface area contributed by atoms with Gasteiger partial charge in [0, 0.05) is 12.4 Å². The molecule has 0 saturated heterocycles. The summed E-state index contributed by atoms with van der Waals surface area (Å²) in [5.41, 5.74) is 1.94. The zero-order chi connectivity index (χ0) is 14.7. The summed E-state index contributed by atoms with van der Waals surface area (Å²) in [6.45, 7) is 2.41. The number of hydrogen-bond donors (Lipinski definition) is 2. The van der Waals surface area contributed by atoms with Gasteiger partial charge in [-0.05, 0) is 36.8 Å². The van der Waals surface area contributed by atoms with E-state index >= 15 is 0 Å². The van der Waals surface area contributed by atoms with Gasteiger partial charge in [-0.1, -0.05) is 12.1 Å². The molecule has 0 aliphatic carbocycles. The van der Waals surface area contributed by atoms with Gasteiger partial charge in [-0.25, -0.2) is 0 Å². The molecule has 2 atom stereocenters. The van der Waals surface area contributed by atoms with Crippen LogP contribution in [0.5, 0.6) is 5.75 Å². The van der Waals surface area contributed by atoms with Crippen molar-refractivity contribution in [2.24, 2.45) is 0 Å². The molecule has 1 aromatic carbocycles. The summed E-state index contributed by atoms with van der Waals surface area (Å²) in [5.74, 6) is 0.585. The lowest BCUT2D eigenvalue weighted by Gasteiger charge is -2.27. The topological polar surface area (TPSA) is 63.2 Å². The number of carbonyl (C=O) groups is 1. The van der Waals surface area contributed by atoms with E-state index < -0.39 is 6.10 Å². The summed E-state index contributed by atoms with van der Waals surface area (Å²) in [7, 11) is 0. The summed E-state index contributed by atoms with van der Waals surface area (Å²) in [6.07, 6.45) is 2.91. The van der Waals surface area contributed by atoms with Crippen LogP contribution >= 0.6 is 0 Å². The summed E-state index contributed by atoms with van der Waals surface area (Å²) in [4.78, 5) is 16.3. The molecule has 21 heavy (non-hydrogen) atoms. The Morgan fingerprint density at radius 2 is 2.10 bits per heavy atom. The minimum atomic E-state index is -0.524. The lowest BCUT2D eigenvalue weighted by atomic mass is 10.1. The fraction of sp³-hybridized carbons (Fsp3) is 0.250. The molecule has 1 aliphatic rings. The van der Waals surface area contributed by atoms with Gasteiger partial charge in [0.05, 0.1) is 18.3 Å². The molecule has 108 valence electrons. The fourth-order valence-electron chi connectivity index (χ4n) is 2.30. The number of anilines is 1. The maximum absolute atomic E-state index is 12.3. The molecule has 3 rings (SSSR count). The fourth-order valence-corrected chi connectivity index (χ4v) is 2.30. The van der Waals surface area contributed by atoms with Crippen LogP contribution in [-0.4, -0.2) is 23.5 Å². The van der Waals surface area contributed by atoms with Crippen molar-refractivity contribution in [3.05, 3.63) is 54.4 Å². The monoisotopic (exact) mass is 283 g/mol. The van der Waals surface area contributed by atoms with Crippen LogP contribution in [0.3, 0.4) is 0 Å². The molecular formula is C16H17N3O2. The molecule has 5 heteroatoms. The average Bonchev–Trinajstić information content (AvgIpc) is 2.55. The van der Waals surface area contributed by atoms with Gasteiger partial charge in [0.2, 0.25) is 0 Å². The number of para-hydroxylation sites is 2. The van der Waals surface area contributed by atoms with E-state index in [4.69, 9.17) is 4.74 Å². The van der Waals surface area contributed by atoms with Gasteiger partial charge in [-0.15, -0.1) is 0 Å². The number of rotatable bonds is 3. The second-order valence-electron chi connectivity index (χ2n) is 4.99. The van der Waals surface area contributed by atoms with Crippen molar-refractivity contribution in [2.75, 3.05) is 11.9 Å². The van der Waals surface area contributed by atoms with E-state index in [1.807, 2.05) is 43.3 Å². The van der Waals surface area contributed by atoms with E-state index in [9.17, 15) is 4.79 Å². The number of benzene rings is 1. The Balaban J connectivity index is 1.65. The SMILES string of the molecule is CC(NC(=O)C1CNc2ccccc2O1)c1ccncc1. The molecule has 1 amide bonds. The van der Waals surface area contributed by atoms with E-state index in [0.29, 0.717) is 12.3 Å². The molecule has 2 heterocycles. The first kappa shape index (κ1) is 13.4. The number of pyridine rings is 1. The number of aromatic nitrogens is 1. The second kappa shape index (κ2) is 5.83. The van der Waals surface area contributed by atoms with E-state index in [2.05, 4.69) is 15.6 Å². The standard InChI is InChI=1S/C16H17N3O2/c1-11(12-6-8-17-9-7-12)19-16(20)15-10-18-13-4-2-3-5-14(13)21-15/h2-9,11,15,18H,10H2,1H3,(H,19,20). The number of ether oxygens (including phenoxy) is 1. The predicted octanol–water partition coefficient (Wildman–Crippen LogP) is 2.13. The Morgan fingerprint density at radius 3 is 2.90 bits per heavy atom. The number of nitrogens with one attached hydrogen (secondary N) is 2. The largest absolute Gasteiger partial charge is 0.477 e. The summed E-state index contributed by atoms with van der Waals surface area (Å²) < 4.78 is 5.74. The normalized spacial score (nSPS) is 17.9. The summed E-state index contributed by atoms with van der Waals surface area (Å²) >= 11 is 0. The van der Waals surface area contributed by atoms with Gasteiger partial charge in [0.15, 0.2) is 6.10 Å². The lowest BCUT2D eigenvalue weighted by molar-refractivity contribution is -0.128. The Morgan fingerprint density at radius 1 is 1.33 bits per heavy atom. The van der Waals surface area contributed by atoms with E-state index in [1.54, 1.807) is 12.4 Å². The lowest BCUT2D eigenvalue weighted by Crippen LogP contribution is -2.45. The summed E-state index contributed by atoms with van der Waals surface area (Å²) in [6, 6.07) is 11.3. The van der Waals surface area contributed by atoms with Crippen molar-refractivity contribution in [3.8, 4) is 5.75 Å². The van der Waals surface area contributed by atoms with Crippen LogP contribution in [-0.2, 0) is 4.79 Å². The highest BCUT2D eigenvalue weighted by Crippen LogP contribution is 2.28. The minimum absolute atomic E-state index is 0.0822. The van der Waals surface area contributed by atoms with Crippen LogP contribution in [0.1, 0.15) is 18.5 Å². The third kappa shape index (κ3) is 2.97. The minimum Gasteiger partial charge on any atom is -0.477 e. The van der Waals surface area contributed by atoms with Crippen molar-refractivity contribution < 1.29 is 9.53 Å². The maximum atomic E-state index is 12.3. The third-order valence-electron chi connectivity index (χ3n) is 3.49. The molecule has 2 aromatic rings.